The zero-order valence-electron chi connectivity index (χ0n) is 14.5. The number of carbonyl (C=O) groups is 1. The van der Waals surface area contributed by atoms with Gasteiger partial charge in [0.25, 0.3) is 0 Å². The maximum atomic E-state index is 11.8. The number of benzene rings is 1. The summed E-state index contributed by atoms with van der Waals surface area (Å²) < 4.78 is 22.2. The number of amides is 1. The molecule has 1 N–H and O–H groups in total. The Bertz CT molecular complexity index is 585. The van der Waals surface area contributed by atoms with Crippen LogP contribution >= 0.6 is 0 Å². The van der Waals surface area contributed by atoms with Gasteiger partial charge in [0, 0.05) is 37.8 Å². The molecule has 1 aromatic carbocycles. The van der Waals surface area contributed by atoms with Crippen molar-refractivity contribution in [1.29, 1.82) is 0 Å². The first kappa shape index (κ1) is 19.6. The minimum absolute atomic E-state index is 0.0174. The van der Waals surface area contributed by atoms with Gasteiger partial charge in [-0.25, -0.2) is 8.42 Å². The highest BCUT2D eigenvalue weighted by molar-refractivity contribution is 7.90. The van der Waals surface area contributed by atoms with E-state index in [1.54, 1.807) is 0 Å². The van der Waals surface area contributed by atoms with E-state index in [2.05, 4.69) is 36.2 Å². The lowest BCUT2D eigenvalue weighted by molar-refractivity contribution is -0.121. The van der Waals surface area contributed by atoms with Gasteiger partial charge in [0.1, 0.15) is 9.84 Å². The zero-order chi connectivity index (χ0) is 17.5. The van der Waals surface area contributed by atoms with Crippen LogP contribution in [0.2, 0.25) is 0 Å². The van der Waals surface area contributed by atoms with Gasteiger partial charge < -0.3 is 5.32 Å². The van der Waals surface area contributed by atoms with Crippen molar-refractivity contribution in [3.63, 3.8) is 0 Å². The molecule has 0 radical (unpaired) electrons. The summed E-state index contributed by atoms with van der Waals surface area (Å²) in [5.41, 5.74) is 1.23. The van der Waals surface area contributed by atoms with Crippen molar-refractivity contribution in [2.24, 2.45) is 0 Å². The maximum Gasteiger partial charge on any atom is 0.221 e. The normalized spacial score (nSPS) is 13.3. The molecule has 0 saturated carbocycles. The van der Waals surface area contributed by atoms with Crippen LogP contribution in [-0.2, 0) is 21.2 Å². The van der Waals surface area contributed by atoms with Crippen molar-refractivity contribution in [2.45, 2.75) is 45.8 Å². The SMILES string of the molecule is CC(CN(Cc1ccccc1)C(C)C)NC(=O)CCS(C)(=O)=O. The molecule has 23 heavy (non-hydrogen) atoms. The Balaban J connectivity index is 2.51. The molecule has 5 nitrogen and oxygen atoms in total. The molecule has 0 fully saturated rings. The first-order chi connectivity index (χ1) is 10.7. The summed E-state index contributed by atoms with van der Waals surface area (Å²) in [6.07, 6.45) is 1.16. The molecule has 1 rings (SSSR count). The van der Waals surface area contributed by atoms with Crippen LogP contribution in [-0.4, -0.2) is 49.9 Å². The van der Waals surface area contributed by atoms with Gasteiger partial charge in [0.2, 0.25) is 5.91 Å². The summed E-state index contributed by atoms with van der Waals surface area (Å²) in [6, 6.07) is 10.5. The van der Waals surface area contributed by atoms with Crippen molar-refractivity contribution in [1.82, 2.24) is 10.2 Å². The standard InChI is InChI=1S/C17H28N2O3S/c1-14(2)19(13-16-8-6-5-7-9-16)12-15(3)18-17(20)10-11-23(4,21)22/h5-9,14-15H,10-13H2,1-4H3,(H,18,20). The van der Waals surface area contributed by atoms with Crippen LogP contribution < -0.4 is 5.32 Å². The largest absolute Gasteiger partial charge is 0.352 e. The quantitative estimate of drug-likeness (QED) is 0.745. The van der Waals surface area contributed by atoms with E-state index >= 15 is 0 Å². The maximum absolute atomic E-state index is 11.8. The summed E-state index contributed by atoms with van der Waals surface area (Å²) in [4.78, 5) is 14.1. The van der Waals surface area contributed by atoms with E-state index in [0.717, 1.165) is 19.3 Å². The number of rotatable bonds is 9. The van der Waals surface area contributed by atoms with Gasteiger partial charge in [-0.05, 0) is 26.3 Å². The van der Waals surface area contributed by atoms with E-state index in [9.17, 15) is 13.2 Å². The predicted molar refractivity (Wildman–Crippen MR) is 93.9 cm³/mol. The average molecular weight is 340 g/mol. The van der Waals surface area contributed by atoms with Crippen LogP contribution in [0.25, 0.3) is 0 Å². The summed E-state index contributed by atoms with van der Waals surface area (Å²) in [6.45, 7) is 7.74. The highest BCUT2D eigenvalue weighted by Crippen LogP contribution is 2.09. The van der Waals surface area contributed by atoms with Crippen molar-refractivity contribution < 1.29 is 13.2 Å². The first-order valence-electron chi connectivity index (χ1n) is 7.92. The highest BCUT2D eigenvalue weighted by atomic mass is 32.2. The molecule has 0 aliphatic rings. The Labute approximate surface area is 140 Å². The van der Waals surface area contributed by atoms with Crippen LogP contribution in [0.15, 0.2) is 30.3 Å². The monoisotopic (exact) mass is 340 g/mol. The Morgan fingerprint density at radius 3 is 2.30 bits per heavy atom. The molecule has 0 saturated heterocycles. The van der Waals surface area contributed by atoms with Crippen LogP contribution in [0.4, 0.5) is 0 Å². The lowest BCUT2D eigenvalue weighted by Gasteiger charge is -2.29. The van der Waals surface area contributed by atoms with Crippen molar-refractivity contribution in [2.75, 3.05) is 18.6 Å². The van der Waals surface area contributed by atoms with Gasteiger partial charge in [-0.3, -0.25) is 9.69 Å². The molecule has 0 aliphatic carbocycles. The Morgan fingerprint density at radius 1 is 1.17 bits per heavy atom. The van der Waals surface area contributed by atoms with Gasteiger partial charge in [0.15, 0.2) is 0 Å². The third-order valence-corrected chi connectivity index (χ3v) is 4.52. The molecule has 0 aliphatic heterocycles. The topological polar surface area (TPSA) is 66.5 Å². The van der Waals surface area contributed by atoms with Crippen molar-refractivity contribution in [3.05, 3.63) is 35.9 Å². The molecule has 130 valence electrons. The molecule has 0 aromatic heterocycles. The molecule has 1 unspecified atom stereocenters. The van der Waals surface area contributed by atoms with Crippen LogP contribution in [0.3, 0.4) is 0 Å². The smallest absolute Gasteiger partial charge is 0.221 e. The van der Waals surface area contributed by atoms with E-state index in [1.807, 2.05) is 25.1 Å². The van der Waals surface area contributed by atoms with E-state index in [-0.39, 0.29) is 24.1 Å². The number of nitrogens with one attached hydrogen (secondary N) is 1. The fourth-order valence-electron chi connectivity index (χ4n) is 2.30. The van der Waals surface area contributed by atoms with Crippen LogP contribution in [0, 0.1) is 0 Å². The van der Waals surface area contributed by atoms with Gasteiger partial charge in [0.05, 0.1) is 5.75 Å². The van der Waals surface area contributed by atoms with E-state index in [1.165, 1.54) is 5.56 Å². The molecule has 1 amide bonds. The second-order valence-corrected chi connectivity index (χ2v) is 8.62. The minimum Gasteiger partial charge on any atom is -0.352 e. The summed E-state index contributed by atoms with van der Waals surface area (Å²) >= 11 is 0. The minimum atomic E-state index is -3.10. The molecule has 1 aromatic rings. The molecular formula is C17H28N2O3S. The number of carbonyl (C=O) groups excluding carboxylic acids is 1. The second kappa shape index (κ2) is 9.03. The van der Waals surface area contributed by atoms with Gasteiger partial charge in [-0.2, -0.15) is 0 Å². The predicted octanol–water partition coefficient (Wildman–Crippen LogP) is 1.84. The lowest BCUT2D eigenvalue weighted by atomic mass is 10.1. The molecule has 0 spiro atoms. The van der Waals surface area contributed by atoms with Gasteiger partial charge in [-0.15, -0.1) is 0 Å². The number of hydrogen-bond donors (Lipinski definition) is 1. The Kier molecular flexibility index (Phi) is 7.72. The fraction of sp³-hybridized carbons (Fsp3) is 0.588. The summed E-state index contributed by atoms with van der Waals surface area (Å²) in [5.74, 6) is -0.324. The highest BCUT2D eigenvalue weighted by Gasteiger charge is 2.16. The molecule has 6 heteroatoms. The summed E-state index contributed by atoms with van der Waals surface area (Å²) in [5, 5.41) is 2.88. The fourth-order valence-corrected chi connectivity index (χ4v) is 2.85. The van der Waals surface area contributed by atoms with Crippen molar-refractivity contribution in [3.8, 4) is 0 Å². The molecular weight excluding hydrogens is 312 g/mol. The third-order valence-electron chi connectivity index (χ3n) is 3.57. The van der Waals surface area contributed by atoms with Crippen LogP contribution in [0.1, 0.15) is 32.8 Å². The molecule has 0 heterocycles. The number of hydrogen-bond acceptors (Lipinski definition) is 4. The first-order valence-corrected chi connectivity index (χ1v) is 9.98. The third kappa shape index (κ3) is 8.71. The zero-order valence-corrected chi connectivity index (χ0v) is 15.3. The number of sulfone groups is 1. The van der Waals surface area contributed by atoms with Crippen LogP contribution in [0.5, 0.6) is 0 Å². The number of nitrogens with zero attached hydrogens (tertiary/aromatic N) is 1. The summed E-state index contributed by atoms with van der Waals surface area (Å²) in [7, 11) is -3.10. The second-order valence-electron chi connectivity index (χ2n) is 6.36. The average Bonchev–Trinajstić information content (AvgIpc) is 2.44. The van der Waals surface area contributed by atoms with E-state index in [0.29, 0.717) is 6.04 Å². The lowest BCUT2D eigenvalue weighted by Crippen LogP contribution is -2.44. The molecule has 0 bridgehead atoms. The van der Waals surface area contributed by atoms with Crippen molar-refractivity contribution >= 4 is 15.7 Å². The molecule has 1 atom stereocenters. The Morgan fingerprint density at radius 2 is 1.78 bits per heavy atom. The van der Waals surface area contributed by atoms with Gasteiger partial charge in [-0.1, -0.05) is 30.3 Å². The van der Waals surface area contributed by atoms with E-state index < -0.39 is 9.84 Å². The van der Waals surface area contributed by atoms with E-state index in [4.69, 9.17) is 0 Å². The Hall–Kier alpha value is -1.40. The van der Waals surface area contributed by atoms with Gasteiger partial charge >= 0.3 is 0 Å².